The van der Waals surface area contributed by atoms with Gasteiger partial charge in [0.05, 0.1) is 15.3 Å². The fourth-order valence-electron chi connectivity index (χ4n) is 3.15. The summed E-state index contributed by atoms with van der Waals surface area (Å²) in [5.74, 6) is 4.52. The molecule has 3 aromatic carbocycles. The summed E-state index contributed by atoms with van der Waals surface area (Å²) in [7, 11) is -2.89. The lowest BCUT2D eigenvalue weighted by Gasteiger charge is -2.05. The molecule has 0 saturated carbocycles. The maximum Gasteiger partial charge on any atom is 0.286 e. The van der Waals surface area contributed by atoms with Gasteiger partial charge in [0.2, 0.25) is 0 Å². The molecule has 0 aliphatic carbocycles. The molecule has 1 aromatic heterocycles. The van der Waals surface area contributed by atoms with E-state index >= 15 is 0 Å². The van der Waals surface area contributed by atoms with Gasteiger partial charge in [-0.05, 0) is 66.7 Å². The first-order chi connectivity index (χ1) is 17.3. The molecule has 0 aliphatic rings. The van der Waals surface area contributed by atoms with Crippen molar-refractivity contribution in [2.75, 3.05) is 11.6 Å². The van der Waals surface area contributed by atoms with E-state index in [2.05, 4.69) is 26.5 Å². The van der Waals surface area contributed by atoms with Gasteiger partial charge in [0.25, 0.3) is 11.8 Å². The van der Waals surface area contributed by atoms with Gasteiger partial charge in [-0.1, -0.05) is 30.0 Å². The first kappa shape index (κ1) is 24.5. The Kier molecular flexibility index (Phi) is 7.33. The molecule has 6 nitrogen and oxygen atoms in total. The molecule has 0 fully saturated rings. The van der Waals surface area contributed by atoms with Crippen molar-refractivity contribution >= 4 is 27.2 Å². The first-order valence-electron chi connectivity index (χ1n) is 10.8. The maximum absolute atomic E-state index is 13.0. The number of halogens is 1. The number of benzene rings is 3. The molecule has 178 valence electrons. The van der Waals surface area contributed by atoms with E-state index < -0.39 is 21.5 Å². The Hall–Kier alpha value is -4.61. The number of anilines is 1. The summed E-state index contributed by atoms with van der Waals surface area (Å²) in [5.41, 5.74) is 2.26. The van der Waals surface area contributed by atoms with Crippen molar-refractivity contribution in [1.82, 2.24) is 4.98 Å². The second-order valence-electron chi connectivity index (χ2n) is 7.76. The number of aromatic nitrogens is 1. The Morgan fingerprint density at radius 1 is 0.861 bits per heavy atom. The summed E-state index contributed by atoms with van der Waals surface area (Å²) < 4.78 is 29.8. The van der Waals surface area contributed by atoms with Gasteiger partial charge in [-0.3, -0.25) is 14.6 Å². The predicted molar refractivity (Wildman–Crippen MR) is 137 cm³/mol. The summed E-state index contributed by atoms with van der Waals surface area (Å²) in [4.78, 5) is 29.4. The quantitative estimate of drug-likeness (QED) is 0.394. The van der Waals surface area contributed by atoms with E-state index in [9.17, 15) is 18.2 Å². The predicted octanol–water partition coefficient (Wildman–Crippen LogP) is 5.17. The van der Waals surface area contributed by atoms with Crippen LogP contribution in [0, 0.1) is 17.7 Å². The largest absolute Gasteiger partial charge is 0.322 e. The molecule has 1 heterocycles. The number of nitrogens with one attached hydrogen (secondary N) is 1. The maximum atomic E-state index is 13.0. The van der Waals surface area contributed by atoms with E-state index in [1.807, 2.05) is 0 Å². The minimum absolute atomic E-state index is 0.186. The van der Waals surface area contributed by atoms with Crippen LogP contribution in [0.4, 0.5) is 10.1 Å². The Morgan fingerprint density at radius 3 is 2.22 bits per heavy atom. The van der Waals surface area contributed by atoms with Gasteiger partial charge >= 0.3 is 0 Å². The van der Waals surface area contributed by atoms with Crippen molar-refractivity contribution in [3.63, 3.8) is 0 Å². The molecule has 0 saturated heterocycles. The Labute approximate surface area is 208 Å². The Morgan fingerprint density at radius 2 is 1.53 bits per heavy atom. The van der Waals surface area contributed by atoms with Gasteiger partial charge in [0.1, 0.15) is 5.82 Å². The van der Waals surface area contributed by atoms with Crippen LogP contribution < -0.4 is 5.32 Å². The molecule has 1 N–H and O–H groups in total. The average molecular weight is 498 g/mol. The molecule has 1 unspecified atom stereocenters. The van der Waals surface area contributed by atoms with Crippen molar-refractivity contribution in [3.05, 3.63) is 125 Å². The molecule has 1 atom stereocenters. The third-order valence-electron chi connectivity index (χ3n) is 5.02. The summed E-state index contributed by atoms with van der Waals surface area (Å²) in [6.45, 7) is 0. The van der Waals surface area contributed by atoms with Crippen LogP contribution in [0.5, 0.6) is 0 Å². The second kappa shape index (κ2) is 10.8. The lowest BCUT2D eigenvalue weighted by molar-refractivity contribution is 0.100. The van der Waals surface area contributed by atoms with Gasteiger partial charge in [0, 0.05) is 45.9 Å². The molecular formula is C28H20FN3O3S. The van der Waals surface area contributed by atoms with Crippen molar-refractivity contribution in [2.24, 2.45) is 4.36 Å². The normalized spacial score (nSPS) is 11.9. The first-order valence-corrected chi connectivity index (χ1v) is 12.7. The molecule has 2 amide bonds. The lowest BCUT2D eigenvalue weighted by atomic mass is 10.1. The Bertz CT molecular complexity index is 1600. The molecule has 0 spiro atoms. The minimum Gasteiger partial charge on any atom is -0.322 e. The number of hydrogen-bond donors (Lipinski definition) is 1. The smallest absolute Gasteiger partial charge is 0.286 e. The topological polar surface area (TPSA) is 88.5 Å². The highest BCUT2D eigenvalue weighted by Crippen LogP contribution is 2.14. The van der Waals surface area contributed by atoms with Gasteiger partial charge in [-0.15, -0.1) is 0 Å². The zero-order chi connectivity index (χ0) is 25.5. The monoisotopic (exact) mass is 497 g/mol. The molecule has 36 heavy (non-hydrogen) atoms. The summed E-state index contributed by atoms with van der Waals surface area (Å²) in [6.07, 6.45) is 4.29. The van der Waals surface area contributed by atoms with E-state index in [0.29, 0.717) is 27.3 Å². The van der Waals surface area contributed by atoms with Crippen molar-refractivity contribution in [3.8, 4) is 11.8 Å². The zero-order valence-electron chi connectivity index (χ0n) is 19.1. The zero-order valence-corrected chi connectivity index (χ0v) is 20.0. The molecule has 4 rings (SSSR count). The van der Waals surface area contributed by atoms with Crippen LogP contribution >= 0.6 is 0 Å². The molecule has 8 heteroatoms. The van der Waals surface area contributed by atoms with E-state index in [1.165, 1.54) is 42.9 Å². The number of amides is 2. The highest BCUT2D eigenvalue weighted by molar-refractivity contribution is 7.93. The molecule has 0 aliphatic heterocycles. The van der Waals surface area contributed by atoms with E-state index in [-0.39, 0.29) is 11.5 Å². The molecular weight excluding hydrogens is 477 g/mol. The number of carbonyl (C=O) groups excluding carboxylic acids is 2. The number of rotatable bonds is 4. The third-order valence-corrected chi connectivity index (χ3v) is 6.68. The summed E-state index contributed by atoms with van der Waals surface area (Å²) in [5, 5.41) is 2.74. The van der Waals surface area contributed by atoms with Crippen LogP contribution in [-0.4, -0.2) is 27.3 Å². The van der Waals surface area contributed by atoms with Crippen LogP contribution in [0.25, 0.3) is 0 Å². The summed E-state index contributed by atoms with van der Waals surface area (Å²) >= 11 is 0. The number of pyridine rings is 1. The van der Waals surface area contributed by atoms with Gasteiger partial charge in [-0.25, -0.2) is 8.60 Å². The Balaban J connectivity index is 1.46. The fourth-order valence-corrected chi connectivity index (χ4v) is 4.34. The van der Waals surface area contributed by atoms with Gasteiger partial charge in [-0.2, -0.15) is 4.36 Å². The number of carbonyl (C=O) groups is 2. The van der Waals surface area contributed by atoms with E-state index in [4.69, 9.17) is 0 Å². The fraction of sp³-hybridized carbons (Fsp3) is 0.0357. The van der Waals surface area contributed by atoms with Crippen molar-refractivity contribution in [2.45, 2.75) is 4.90 Å². The number of nitrogens with zero attached hydrogens (tertiary/aromatic N) is 2. The molecule has 0 radical (unpaired) electrons. The third kappa shape index (κ3) is 6.29. The van der Waals surface area contributed by atoms with E-state index in [0.717, 1.165) is 0 Å². The van der Waals surface area contributed by atoms with Crippen LogP contribution in [-0.2, 0) is 9.73 Å². The highest BCUT2D eigenvalue weighted by atomic mass is 32.2. The van der Waals surface area contributed by atoms with Crippen molar-refractivity contribution < 1.29 is 18.2 Å². The van der Waals surface area contributed by atoms with Gasteiger partial charge in [0.15, 0.2) is 0 Å². The van der Waals surface area contributed by atoms with Gasteiger partial charge < -0.3 is 5.32 Å². The second-order valence-corrected chi connectivity index (χ2v) is 10.0. The highest BCUT2D eigenvalue weighted by Gasteiger charge is 2.12. The SMILES string of the molecule is CS(=O)(=NC(=O)c1cncc(C#Cc2ccc(NC(=O)c3ccc(F)cc3)cc2)c1)c1ccccc1. The lowest BCUT2D eigenvalue weighted by Crippen LogP contribution is -2.11. The van der Waals surface area contributed by atoms with Crippen LogP contribution in [0.15, 0.2) is 107 Å². The molecule has 4 aromatic rings. The number of hydrogen-bond acceptors (Lipinski definition) is 4. The van der Waals surface area contributed by atoms with Crippen molar-refractivity contribution in [1.29, 1.82) is 0 Å². The minimum atomic E-state index is -2.89. The standard InChI is InChI=1S/C28H20FN3O3S/c1-36(35,26-5-3-2-4-6-26)32-28(34)23-17-21(18-30-19-23)8-7-20-9-15-25(16-10-20)31-27(33)22-11-13-24(29)14-12-22/h2-6,9-19H,1H3,(H,31,33). The average Bonchev–Trinajstić information content (AvgIpc) is 2.89. The van der Waals surface area contributed by atoms with Crippen LogP contribution in [0.2, 0.25) is 0 Å². The van der Waals surface area contributed by atoms with Crippen LogP contribution in [0.3, 0.4) is 0 Å². The summed E-state index contributed by atoms with van der Waals surface area (Å²) in [6, 6.07) is 22.3. The molecule has 0 bridgehead atoms. The van der Waals surface area contributed by atoms with E-state index in [1.54, 1.807) is 60.7 Å². The van der Waals surface area contributed by atoms with Crippen LogP contribution in [0.1, 0.15) is 31.8 Å².